The highest BCUT2D eigenvalue weighted by Gasteiger charge is 2.17. The second-order valence-corrected chi connectivity index (χ2v) is 6.87. The molecule has 0 unspecified atom stereocenters. The Morgan fingerprint density at radius 3 is 2.35 bits per heavy atom. The first-order valence-corrected chi connectivity index (χ1v) is 7.98. The summed E-state index contributed by atoms with van der Waals surface area (Å²) in [6.07, 6.45) is 0. The maximum absolute atomic E-state index is 13.5. The van der Waals surface area contributed by atoms with Crippen LogP contribution in [0, 0.1) is 5.82 Å². The summed E-state index contributed by atoms with van der Waals surface area (Å²) < 4.78 is 37.7. The van der Waals surface area contributed by atoms with Gasteiger partial charge in [-0.3, -0.25) is 0 Å². The minimum atomic E-state index is -3.55. The molecule has 106 valence electrons. The molecule has 2 aromatic carbocycles. The SMILES string of the molecule is O=S(=O)(Cc1ccc(O)cc1F)Cc1ccccc1Cl. The lowest BCUT2D eigenvalue weighted by molar-refractivity contribution is 0.468. The van der Waals surface area contributed by atoms with E-state index >= 15 is 0 Å². The van der Waals surface area contributed by atoms with Crippen LogP contribution in [0.5, 0.6) is 5.75 Å². The molecular weight excluding hydrogens is 303 g/mol. The number of rotatable bonds is 4. The van der Waals surface area contributed by atoms with E-state index in [-0.39, 0.29) is 17.1 Å². The molecule has 2 aromatic rings. The molecule has 0 aliphatic rings. The number of phenolic OH excluding ortho intramolecular Hbond substituents is 1. The van der Waals surface area contributed by atoms with Crippen molar-refractivity contribution < 1.29 is 17.9 Å². The molecule has 0 aliphatic heterocycles. The smallest absolute Gasteiger partial charge is 0.158 e. The van der Waals surface area contributed by atoms with Gasteiger partial charge in [0.2, 0.25) is 0 Å². The highest BCUT2D eigenvalue weighted by Crippen LogP contribution is 2.22. The van der Waals surface area contributed by atoms with Gasteiger partial charge in [0.1, 0.15) is 11.6 Å². The van der Waals surface area contributed by atoms with Crippen LogP contribution in [0.1, 0.15) is 11.1 Å². The zero-order chi connectivity index (χ0) is 14.8. The van der Waals surface area contributed by atoms with Gasteiger partial charge in [-0.05, 0) is 17.7 Å². The average molecular weight is 315 g/mol. The van der Waals surface area contributed by atoms with Crippen LogP contribution in [0.4, 0.5) is 4.39 Å². The second-order valence-electron chi connectivity index (χ2n) is 4.40. The molecule has 0 bridgehead atoms. The predicted molar refractivity (Wildman–Crippen MR) is 75.8 cm³/mol. The Labute approximate surface area is 121 Å². The predicted octanol–water partition coefficient (Wildman–Crippen LogP) is 3.30. The molecule has 0 saturated heterocycles. The van der Waals surface area contributed by atoms with Crippen LogP contribution in [0.15, 0.2) is 42.5 Å². The average Bonchev–Trinajstić information content (AvgIpc) is 2.35. The molecule has 0 amide bonds. The summed E-state index contributed by atoms with van der Waals surface area (Å²) in [5.74, 6) is -1.68. The molecule has 6 heteroatoms. The Hall–Kier alpha value is -1.59. The zero-order valence-corrected chi connectivity index (χ0v) is 12.0. The summed E-state index contributed by atoms with van der Waals surface area (Å²) in [6, 6.07) is 10.0. The first-order valence-electron chi connectivity index (χ1n) is 5.78. The summed E-state index contributed by atoms with van der Waals surface area (Å²) >= 11 is 5.91. The van der Waals surface area contributed by atoms with Gasteiger partial charge in [0.25, 0.3) is 0 Å². The van der Waals surface area contributed by atoms with Gasteiger partial charge in [0, 0.05) is 16.7 Å². The van der Waals surface area contributed by atoms with Gasteiger partial charge in [-0.2, -0.15) is 0 Å². The van der Waals surface area contributed by atoms with Gasteiger partial charge in [-0.25, -0.2) is 12.8 Å². The fraction of sp³-hybridized carbons (Fsp3) is 0.143. The normalized spacial score (nSPS) is 11.5. The van der Waals surface area contributed by atoms with Crippen molar-refractivity contribution in [1.82, 2.24) is 0 Å². The number of aromatic hydroxyl groups is 1. The first kappa shape index (κ1) is 14.8. The van der Waals surface area contributed by atoms with E-state index in [1.807, 2.05) is 0 Å². The second kappa shape index (κ2) is 5.81. The number of benzene rings is 2. The van der Waals surface area contributed by atoms with Crippen LogP contribution in [0.25, 0.3) is 0 Å². The number of halogens is 2. The minimum absolute atomic E-state index is 0.0230. The van der Waals surface area contributed by atoms with E-state index in [4.69, 9.17) is 16.7 Å². The topological polar surface area (TPSA) is 54.4 Å². The quantitative estimate of drug-likeness (QED) is 0.942. The summed E-state index contributed by atoms with van der Waals surface area (Å²) in [6.45, 7) is 0. The Balaban J connectivity index is 2.22. The van der Waals surface area contributed by atoms with E-state index in [0.717, 1.165) is 6.07 Å². The lowest BCUT2D eigenvalue weighted by Gasteiger charge is -2.07. The van der Waals surface area contributed by atoms with Crippen LogP contribution < -0.4 is 0 Å². The molecule has 0 aromatic heterocycles. The molecule has 0 radical (unpaired) electrons. The van der Waals surface area contributed by atoms with E-state index in [1.54, 1.807) is 24.3 Å². The lowest BCUT2D eigenvalue weighted by Crippen LogP contribution is -2.09. The summed E-state index contributed by atoms with van der Waals surface area (Å²) in [5.41, 5.74) is 0.503. The summed E-state index contributed by atoms with van der Waals surface area (Å²) in [5, 5.41) is 9.46. The zero-order valence-electron chi connectivity index (χ0n) is 10.4. The van der Waals surface area contributed by atoms with Crippen molar-refractivity contribution in [3.63, 3.8) is 0 Å². The van der Waals surface area contributed by atoms with Gasteiger partial charge in [-0.1, -0.05) is 35.9 Å². The van der Waals surface area contributed by atoms with E-state index in [9.17, 15) is 12.8 Å². The molecule has 0 heterocycles. The van der Waals surface area contributed by atoms with Crippen LogP contribution in [-0.2, 0) is 21.3 Å². The number of sulfone groups is 1. The largest absolute Gasteiger partial charge is 0.508 e. The van der Waals surface area contributed by atoms with Crippen molar-refractivity contribution in [1.29, 1.82) is 0 Å². The monoisotopic (exact) mass is 314 g/mol. The molecule has 0 spiro atoms. The third-order valence-corrected chi connectivity index (χ3v) is 4.62. The van der Waals surface area contributed by atoms with Crippen molar-refractivity contribution >= 4 is 21.4 Å². The molecule has 1 N–H and O–H groups in total. The Bertz CT molecular complexity index is 729. The molecule has 3 nitrogen and oxygen atoms in total. The third-order valence-electron chi connectivity index (χ3n) is 2.75. The van der Waals surface area contributed by atoms with Crippen LogP contribution in [-0.4, -0.2) is 13.5 Å². The van der Waals surface area contributed by atoms with Crippen molar-refractivity contribution in [2.45, 2.75) is 11.5 Å². The van der Waals surface area contributed by atoms with Gasteiger partial charge in [0.15, 0.2) is 9.84 Å². The number of hydrogen-bond donors (Lipinski definition) is 1. The Morgan fingerprint density at radius 2 is 1.70 bits per heavy atom. The molecule has 2 rings (SSSR count). The van der Waals surface area contributed by atoms with E-state index < -0.39 is 21.4 Å². The highest BCUT2D eigenvalue weighted by atomic mass is 35.5. The van der Waals surface area contributed by atoms with Crippen molar-refractivity contribution in [2.24, 2.45) is 0 Å². The van der Waals surface area contributed by atoms with Crippen molar-refractivity contribution in [2.75, 3.05) is 0 Å². The van der Waals surface area contributed by atoms with Crippen molar-refractivity contribution in [3.8, 4) is 5.75 Å². The molecule has 0 fully saturated rings. The van der Waals surface area contributed by atoms with Crippen molar-refractivity contribution in [3.05, 3.63) is 64.4 Å². The van der Waals surface area contributed by atoms with Crippen LogP contribution in [0.3, 0.4) is 0 Å². The number of hydrogen-bond acceptors (Lipinski definition) is 3. The standard InChI is InChI=1S/C14H12ClFO3S/c15-13-4-2-1-3-10(13)8-20(18,19)9-11-5-6-12(17)7-14(11)16/h1-7,17H,8-9H2. The Kier molecular flexibility index (Phi) is 4.30. The van der Waals surface area contributed by atoms with Gasteiger partial charge in [-0.15, -0.1) is 0 Å². The van der Waals surface area contributed by atoms with E-state index in [1.165, 1.54) is 12.1 Å². The van der Waals surface area contributed by atoms with Gasteiger partial charge in [0.05, 0.1) is 11.5 Å². The third kappa shape index (κ3) is 3.71. The first-order chi connectivity index (χ1) is 9.37. The molecule has 0 aliphatic carbocycles. The van der Waals surface area contributed by atoms with Gasteiger partial charge >= 0.3 is 0 Å². The van der Waals surface area contributed by atoms with Crippen LogP contribution in [0.2, 0.25) is 5.02 Å². The number of phenols is 1. The highest BCUT2D eigenvalue weighted by molar-refractivity contribution is 7.89. The fourth-order valence-corrected chi connectivity index (χ4v) is 3.61. The van der Waals surface area contributed by atoms with E-state index in [2.05, 4.69) is 0 Å². The lowest BCUT2D eigenvalue weighted by atomic mass is 10.2. The molecule has 0 atom stereocenters. The van der Waals surface area contributed by atoms with Crippen LogP contribution >= 0.6 is 11.6 Å². The summed E-state index contributed by atoms with van der Waals surface area (Å²) in [7, 11) is -3.55. The fourth-order valence-electron chi connectivity index (χ4n) is 1.79. The minimum Gasteiger partial charge on any atom is -0.508 e. The maximum Gasteiger partial charge on any atom is 0.158 e. The molecular formula is C14H12ClFO3S. The van der Waals surface area contributed by atoms with Gasteiger partial charge < -0.3 is 5.11 Å². The summed E-state index contributed by atoms with van der Waals surface area (Å²) in [4.78, 5) is 0. The maximum atomic E-state index is 13.5. The van der Waals surface area contributed by atoms with E-state index in [0.29, 0.717) is 10.6 Å². The molecule has 20 heavy (non-hydrogen) atoms. The molecule has 0 saturated carbocycles. The Morgan fingerprint density at radius 1 is 1.05 bits per heavy atom.